The lowest BCUT2D eigenvalue weighted by Gasteiger charge is -2.10. The normalized spacial score (nSPS) is 9.61. The van der Waals surface area contributed by atoms with E-state index in [0.717, 1.165) is 0 Å². The third-order valence-electron chi connectivity index (χ3n) is 2.28. The Morgan fingerprint density at radius 1 is 1.11 bits per heavy atom. The molecule has 2 aromatic rings. The summed E-state index contributed by atoms with van der Waals surface area (Å²) in [5.74, 6) is 1.72. The lowest BCUT2D eigenvalue weighted by Crippen LogP contribution is -1.89. The number of ether oxygens (including phenoxy) is 2. The zero-order valence-electron chi connectivity index (χ0n) is 9.68. The van der Waals surface area contributed by atoms with Crippen molar-refractivity contribution in [3.63, 3.8) is 0 Å². The molecule has 0 bridgehead atoms. The van der Waals surface area contributed by atoms with Crippen LogP contribution >= 0.6 is 11.6 Å². The number of halogens is 1. The van der Waals surface area contributed by atoms with Crippen LogP contribution in [-0.2, 0) is 0 Å². The minimum atomic E-state index is 0.437. The molecule has 0 fully saturated rings. The molecule has 0 amide bonds. The maximum atomic E-state index is 6.98. The second-order valence-electron chi connectivity index (χ2n) is 3.51. The van der Waals surface area contributed by atoms with Gasteiger partial charge in [-0.3, -0.25) is 0 Å². The Labute approximate surface area is 110 Å². The lowest BCUT2D eigenvalue weighted by atomic mass is 10.3. The van der Waals surface area contributed by atoms with Crippen molar-refractivity contribution in [1.29, 1.82) is 0 Å². The fraction of sp³-hybridized carbons (Fsp3) is 0.0714. The molecule has 2 rings (SSSR count). The monoisotopic (exact) mass is 259 g/mol. The van der Waals surface area contributed by atoms with Gasteiger partial charge in [-0.05, 0) is 30.3 Å². The molecule has 0 saturated heterocycles. The Balaban J connectivity index is 2.34. The van der Waals surface area contributed by atoms with Gasteiger partial charge in [0, 0.05) is 5.02 Å². The predicted molar refractivity (Wildman–Crippen MR) is 70.8 cm³/mol. The smallest absolute Gasteiger partial charge is 0.192 e. The van der Waals surface area contributed by atoms with Gasteiger partial charge in [0.2, 0.25) is 0 Å². The van der Waals surface area contributed by atoms with Gasteiger partial charge in [0.25, 0.3) is 0 Å². The second-order valence-corrected chi connectivity index (χ2v) is 3.95. The first-order chi connectivity index (χ1) is 8.72. The molecular formula is C14H10ClNO2. The van der Waals surface area contributed by atoms with Gasteiger partial charge in [0.05, 0.1) is 13.7 Å². The molecule has 0 unspecified atom stereocenters. The molecule has 0 aliphatic rings. The van der Waals surface area contributed by atoms with E-state index in [9.17, 15) is 0 Å². The van der Waals surface area contributed by atoms with Crippen molar-refractivity contribution in [3.8, 4) is 17.2 Å². The van der Waals surface area contributed by atoms with Crippen LogP contribution in [-0.4, -0.2) is 7.11 Å². The van der Waals surface area contributed by atoms with E-state index in [1.807, 2.05) is 12.1 Å². The van der Waals surface area contributed by atoms with E-state index in [1.54, 1.807) is 37.4 Å². The molecule has 0 N–H and O–H groups in total. The van der Waals surface area contributed by atoms with Gasteiger partial charge in [-0.15, -0.1) is 0 Å². The summed E-state index contributed by atoms with van der Waals surface area (Å²) in [6.07, 6.45) is 0. The summed E-state index contributed by atoms with van der Waals surface area (Å²) >= 11 is 5.91. The van der Waals surface area contributed by atoms with Gasteiger partial charge < -0.3 is 9.47 Å². The van der Waals surface area contributed by atoms with E-state index < -0.39 is 0 Å². The van der Waals surface area contributed by atoms with Crippen LogP contribution in [0.4, 0.5) is 5.69 Å². The third-order valence-corrected chi connectivity index (χ3v) is 2.50. The highest BCUT2D eigenvalue weighted by Gasteiger charge is 2.06. The van der Waals surface area contributed by atoms with E-state index >= 15 is 0 Å². The zero-order chi connectivity index (χ0) is 13.0. The summed E-state index contributed by atoms with van der Waals surface area (Å²) in [4.78, 5) is 3.33. The Morgan fingerprint density at radius 3 is 2.50 bits per heavy atom. The van der Waals surface area contributed by atoms with Crippen LogP contribution in [0.5, 0.6) is 17.2 Å². The van der Waals surface area contributed by atoms with Crippen molar-refractivity contribution in [2.24, 2.45) is 0 Å². The van der Waals surface area contributed by atoms with Crippen LogP contribution in [0.15, 0.2) is 42.5 Å². The fourth-order valence-corrected chi connectivity index (χ4v) is 1.72. The van der Waals surface area contributed by atoms with Crippen molar-refractivity contribution >= 4 is 17.3 Å². The van der Waals surface area contributed by atoms with E-state index in [4.69, 9.17) is 27.6 Å². The predicted octanol–water partition coefficient (Wildman–Crippen LogP) is 4.69. The first kappa shape index (κ1) is 12.3. The third kappa shape index (κ3) is 2.73. The summed E-state index contributed by atoms with van der Waals surface area (Å²) < 4.78 is 10.9. The average molecular weight is 260 g/mol. The number of para-hydroxylation sites is 2. The summed E-state index contributed by atoms with van der Waals surface area (Å²) in [5.41, 5.74) is 0.437. The highest BCUT2D eigenvalue weighted by Crippen LogP contribution is 2.34. The van der Waals surface area contributed by atoms with Crippen molar-refractivity contribution in [2.45, 2.75) is 0 Å². The lowest BCUT2D eigenvalue weighted by molar-refractivity contribution is 0.379. The van der Waals surface area contributed by atoms with Crippen LogP contribution in [0.2, 0.25) is 5.02 Å². The summed E-state index contributed by atoms with van der Waals surface area (Å²) in [6, 6.07) is 12.2. The van der Waals surface area contributed by atoms with Gasteiger partial charge in [-0.1, -0.05) is 23.7 Å². The molecule has 0 aliphatic heterocycles. The number of benzene rings is 2. The Morgan fingerprint density at radius 2 is 1.83 bits per heavy atom. The molecule has 0 aromatic heterocycles. The molecular weight excluding hydrogens is 250 g/mol. The van der Waals surface area contributed by atoms with Crippen LogP contribution in [0.3, 0.4) is 0 Å². The SMILES string of the molecule is [C-]#[N+]c1cc(Cl)cc(Oc2ccccc2OC)c1. The fourth-order valence-electron chi connectivity index (χ4n) is 1.50. The van der Waals surface area contributed by atoms with Crippen LogP contribution < -0.4 is 9.47 Å². The standard InChI is InChI=1S/C14H10ClNO2/c1-16-11-7-10(15)8-12(9-11)18-14-6-4-3-5-13(14)17-2/h3-9H,2H3. The Hall–Kier alpha value is -2.18. The Bertz CT molecular complexity index is 605. The number of rotatable bonds is 3. The minimum absolute atomic E-state index is 0.437. The minimum Gasteiger partial charge on any atom is -0.493 e. The number of methoxy groups -OCH3 is 1. The van der Waals surface area contributed by atoms with Crippen molar-refractivity contribution in [3.05, 3.63) is 58.9 Å². The van der Waals surface area contributed by atoms with Crippen LogP contribution in [0.25, 0.3) is 4.85 Å². The highest BCUT2D eigenvalue weighted by atomic mass is 35.5. The molecule has 0 saturated carbocycles. The Kier molecular flexibility index (Phi) is 3.71. The number of hydrogen-bond donors (Lipinski definition) is 0. The van der Waals surface area contributed by atoms with Crippen molar-refractivity contribution < 1.29 is 9.47 Å². The van der Waals surface area contributed by atoms with Gasteiger partial charge in [0.1, 0.15) is 5.75 Å². The summed E-state index contributed by atoms with van der Waals surface area (Å²) in [6.45, 7) is 6.98. The molecule has 4 heteroatoms. The second kappa shape index (κ2) is 5.44. The van der Waals surface area contributed by atoms with Gasteiger partial charge in [-0.25, -0.2) is 4.85 Å². The molecule has 2 aromatic carbocycles. The quantitative estimate of drug-likeness (QED) is 0.746. The first-order valence-corrected chi connectivity index (χ1v) is 5.59. The maximum Gasteiger partial charge on any atom is 0.192 e. The van der Waals surface area contributed by atoms with Crippen LogP contribution in [0.1, 0.15) is 0 Å². The van der Waals surface area contributed by atoms with E-state index in [1.165, 1.54) is 0 Å². The summed E-state index contributed by atoms with van der Waals surface area (Å²) in [7, 11) is 1.57. The van der Waals surface area contributed by atoms with E-state index in [-0.39, 0.29) is 0 Å². The van der Waals surface area contributed by atoms with Gasteiger partial charge >= 0.3 is 0 Å². The van der Waals surface area contributed by atoms with Gasteiger partial charge in [-0.2, -0.15) is 0 Å². The topological polar surface area (TPSA) is 22.8 Å². The molecule has 0 heterocycles. The summed E-state index contributed by atoms with van der Waals surface area (Å²) in [5, 5.41) is 0.466. The molecule has 0 radical (unpaired) electrons. The van der Waals surface area contributed by atoms with Crippen molar-refractivity contribution in [2.75, 3.05) is 7.11 Å². The molecule has 0 spiro atoms. The highest BCUT2D eigenvalue weighted by molar-refractivity contribution is 6.31. The number of nitrogens with zero attached hydrogens (tertiary/aromatic N) is 1. The maximum absolute atomic E-state index is 6.98. The van der Waals surface area contributed by atoms with E-state index in [0.29, 0.717) is 28.0 Å². The zero-order valence-corrected chi connectivity index (χ0v) is 10.4. The van der Waals surface area contributed by atoms with E-state index in [2.05, 4.69) is 4.85 Å². The molecule has 90 valence electrons. The van der Waals surface area contributed by atoms with Crippen LogP contribution in [0, 0.1) is 6.57 Å². The molecule has 0 aliphatic carbocycles. The average Bonchev–Trinajstić information content (AvgIpc) is 2.38. The van der Waals surface area contributed by atoms with Gasteiger partial charge in [0.15, 0.2) is 17.2 Å². The molecule has 3 nitrogen and oxygen atoms in total. The van der Waals surface area contributed by atoms with Crippen molar-refractivity contribution in [1.82, 2.24) is 0 Å². The molecule has 0 atom stereocenters. The number of hydrogen-bond acceptors (Lipinski definition) is 2. The largest absolute Gasteiger partial charge is 0.493 e. The first-order valence-electron chi connectivity index (χ1n) is 5.22. The molecule has 18 heavy (non-hydrogen) atoms.